The minimum absolute atomic E-state index is 0.00590. The molecule has 1 amide bonds. The third kappa shape index (κ3) is 3.79. The number of amides is 1. The average Bonchev–Trinajstić information content (AvgIpc) is 2.87. The van der Waals surface area contributed by atoms with Gasteiger partial charge < -0.3 is 4.74 Å². The molecule has 0 aromatic carbocycles. The molecule has 220 valence electrons. The van der Waals surface area contributed by atoms with Crippen molar-refractivity contribution in [1.29, 1.82) is 0 Å². The van der Waals surface area contributed by atoms with Gasteiger partial charge in [0.1, 0.15) is 6.10 Å². The molecule has 5 heteroatoms. The zero-order chi connectivity index (χ0) is 28.8. The standard InChI is InChI=1S/C34H55NO4/c1-21-13-18-34(29(37)35(9)38-10)20-19-32(7)24(28(34)22(21)2)11-12-26-31(6)16-15-27(39-23(3)36)30(4,5)25(31)14-17-33(26,32)8/h11,21-22,25-28H,12-20H2,1-10H3/t21-,22+,25+,26-,27+,28+,31+,32-,33-,34+/m1/s1. The number of esters is 1. The zero-order valence-electron chi connectivity index (χ0n) is 26.5. The summed E-state index contributed by atoms with van der Waals surface area (Å²) < 4.78 is 5.91. The molecule has 5 aliphatic carbocycles. The van der Waals surface area contributed by atoms with Gasteiger partial charge in [-0.3, -0.25) is 14.4 Å². The van der Waals surface area contributed by atoms with E-state index in [0.717, 1.165) is 44.9 Å². The van der Waals surface area contributed by atoms with Crippen LogP contribution in [0.5, 0.6) is 0 Å². The summed E-state index contributed by atoms with van der Waals surface area (Å²) >= 11 is 0. The van der Waals surface area contributed by atoms with Crippen molar-refractivity contribution in [2.75, 3.05) is 14.2 Å². The molecule has 4 saturated carbocycles. The molecule has 0 unspecified atom stereocenters. The van der Waals surface area contributed by atoms with Gasteiger partial charge in [-0.25, -0.2) is 5.06 Å². The Morgan fingerprint density at radius 3 is 2.26 bits per heavy atom. The Balaban J connectivity index is 1.57. The summed E-state index contributed by atoms with van der Waals surface area (Å²) in [6, 6.07) is 0. The van der Waals surface area contributed by atoms with Gasteiger partial charge in [0.05, 0.1) is 12.5 Å². The molecule has 5 rings (SSSR count). The molecular weight excluding hydrogens is 486 g/mol. The average molecular weight is 542 g/mol. The van der Waals surface area contributed by atoms with Gasteiger partial charge in [-0.05, 0) is 104 Å². The fourth-order valence-corrected chi connectivity index (χ4v) is 11.6. The summed E-state index contributed by atoms with van der Waals surface area (Å²) in [5.41, 5.74) is 1.71. The van der Waals surface area contributed by atoms with Crippen LogP contribution in [0.2, 0.25) is 0 Å². The second kappa shape index (κ2) is 9.33. The van der Waals surface area contributed by atoms with Crippen LogP contribution in [0.4, 0.5) is 0 Å². The van der Waals surface area contributed by atoms with Gasteiger partial charge in [-0.1, -0.05) is 60.1 Å². The highest BCUT2D eigenvalue weighted by atomic mass is 16.7. The third-order valence-corrected chi connectivity index (χ3v) is 14.2. The highest BCUT2D eigenvalue weighted by Crippen LogP contribution is 2.76. The Hall–Kier alpha value is -1.36. The number of nitrogens with zero attached hydrogens (tertiary/aromatic N) is 1. The number of carbonyl (C=O) groups is 2. The van der Waals surface area contributed by atoms with Crippen molar-refractivity contribution < 1.29 is 19.2 Å². The number of hydroxylamine groups is 2. The predicted molar refractivity (Wildman–Crippen MR) is 154 cm³/mol. The van der Waals surface area contributed by atoms with Gasteiger partial charge in [0.2, 0.25) is 0 Å². The number of hydrogen-bond acceptors (Lipinski definition) is 4. The molecule has 5 nitrogen and oxygen atoms in total. The van der Waals surface area contributed by atoms with Crippen molar-refractivity contribution in [3.63, 3.8) is 0 Å². The van der Waals surface area contributed by atoms with E-state index in [1.54, 1.807) is 26.7 Å². The molecule has 0 N–H and O–H groups in total. The molecule has 10 atom stereocenters. The summed E-state index contributed by atoms with van der Waals surface area (Å²) in [7, 11) is 3.42. The molecule has 0 aliphatic heterocycles. The van der Waals surface area contributed by atoms with Crippen molar-refractivity contribution in [1.82, 2.24) is 5.06 Å². The molecule has 0 heterocycles. The van der Waals surface area contributed by atoms with Crippen LogP contribution in [-0.2, 0) is 19.2 Å². The van der Waals surface area contributed by atoms with E-state index in [1.807, 2.05) is 0 Å². The largest absolute Gasteiger partial charge is 0.462 e. The van der Waals surface area contributed by atoms with E-state index in [2.05, 4.69) is 54.5 Å². The lowest BCUT2D eigenvalue weighted by atomic mass is 9.33. The first-order chi connectivity index (χ1) is 18.1. The highest BCUT2D eigenvalue weighted by molar-refractivity contribution is 5.83. The maximum atomic E-state index is 14.0. The van der Waals surface area contributed by atoms with E-state index < -0.39 is 0 Å². The van der Waals surface area contributed by atoms with Crippen LogP contribution in [0.1, 0.15) is 113 Å². The number of carbonyl (C=O) groups excluding carboxylic acids is 2. The maximum Gasteiger partial charge on any atom is 0.302 e. The maximum absolute atomic E-state index is 14.0. The molecule has 0 aromatic rings. The first-order valence-electron chi connectivity index (χ1n) is 15.8. The van der Waals surface area contributed by atoms with E-state index in [0.29, 0.717) is 23.7 Å². The fourth-order valence-electron chi connectivity index (χ4n) is 11.6. The van der Waals surface area contributed by atoms with E-state index in [-0.39, 0.29) is 51.0 Å². The summed E-state index contributed by atoms with van der Waals surface area (Å²) in [6.07, 6.45) is 12.3. The van der Waals surface area contributed by atoms with Gasteiger partial charge in [0.25, 0.3) is 5.91 Å². The normalized spacial score (nSPS) is 48.4. The van der Waals surface area contributed by atoms with Crippen molar-refractivity contribution in [3.8, 4) is 0 Å². The minimum atomic E-state index is -0.351. The molecule has 0 spiro atoms. The third-order valence-electron chi connectivity index (χ3n) is 14.2. The SMILES string of the molecule is CON(C)C(=O)[C@]12CC[C@@H](C)[C@H](C)[C@H]1C1=CC[C@@H]3[C@@]4(C)CC[C@H](OC(C)=O)C(C)(C)[C@@H]4CC[C@@]3(C)[C@]1(C)CC2. The Kier molecular flexibility index (Phi) is 6.97. The van der Waals surface area contributed by atoms with E-state index in [9.17, 15) is 9.59 Å². The molecule has 5 aliphatic rings. The van der Waals surface area contributed by atoms with Gasteiger partial charge in [0.15, 0.2) is 0 Å². The Bertz CT molecular complexity index is 1050. The summed E-state index contributed by atoms with van der Waals surface area (Å²) in [6.45, 7) is 18.8. The van der Waals surface area contributed by atoms with Crippen molar-refractivity contribution in [2.24, 2.45) is 56.7 Å². The van der Waals surface area contributed by atoms with Crippen molar-refractivity contribution in [3.05, 3.63) is 11.6 Å². The summed E-state index contributed by atoms with van der Waals surface area (Å²) in [5, 5.41) is 1.52. The Morgan fingerprint density at radius 1 is 0.923 bits per heavy atom. The fraction of sp³-hybridized carbons (Fsp3) is 0.882. The molecule has 39 heavy (non-hydrogen) atoms. The molecule has 0 radical (unpaired) electrons. The van der Waals surface area contributed by atoms with Crippen LogP contribution in [-0.4, -0.2) is 37.2 Å². The van der Waals surface area contributed by atoms with Gasteiger partial charge in [0, 0.05) is 19.4 Å². The van der Waals surface area contributed by atoms with Crippen LogP contribution in [0.15, 0.2) is 11.6 Å². The second-order valence-corrected chi connectivity index (χ2v) is 15.7. The Labute approximate surface area is 237 Å². The van der Waals surface area contributed by atoms with Gasteiger partial charge in [-0.2, -0.15) is 0 Å². The van der Waals surface area contributed by atoms with E-state index in [1.165, 1.54) is 17.9 Å². The number of allylic oxidation sites excluding steroid dienone is 2. The highest BCUT2D eigenvalue weighted by Gasteiger charge is 2.69. The first-order valence-corrected chi connectivity index (χ1v) is 15.8. The number of hydrogen-bond donors (Lipinski definition) is 0. The van der Waals surface area contributed by atoms with Crippen LogP contribution < -0.4 is 0 Å². The van der Waals surface area contributed by atoms with Crippen LogP contribution in [0.25, 0.3) is 0 Å². The smallest absolute Gasteiger partial charge is 0.302 e. The van der Waals surface area contributed by atoms with Crippen molar-refractivity contribution in [2.45, 2.75) is 119 Å². The van der Waals surface area contributed by atoms with Crippen LogP contribution >= 0.6 is 0 Å². The molecule has 0 saturated heterocycles. The first kappa shape index (κ1) is 29.1. The predicted octanol–water partition coefficient (Wildman–Crippen LogP) is 7.60. The number of rotatable bonds is 3. The Morgan fingerprint density at radius 2 is 1.62 bits per heavy atom. The van der Waals surface area contributed by atoms with Gasteiger partial charge >= 0.3 is 5.97 Å². The lowest BCUT2D eigenvalue weighted by Crippen LogP contribution is -2.66. The second-order valence-electron chi connectivity index (χ2n) is 15.7. The molecule has 0 bridgehead atoms. The molecule has 0 aromatic heterocycles. The van der Waals surface area contributed by atoms with Crippen molar-refractivity contribution >= 4 is 11.9 Å². The topological polar surface area (TPSA) is 55.8 Å². The lowest BCUT2D eigenvalue weighted by molar-refractivity contribution is -0.217. The zero-order valence-corrected chi connectivity index (χ0v) is 26.5. The molecule has 4 fully saturated rings. The lowest BCUT2D eigenvalue weighted by Gasteiger charge is -2.71. The van der Waals surface area contributed by atoms with Gasteiger partial charge in [-0.15, -0.1) is 0 Å². The number of fused-ring (bicyclic) bond motifs is 7. The van der Waals surface area contributed by atoms with E-state index in [4.69, 9.17) is 9.57 Å². The van der Waals surface area contributed by atoms with Crippen LogP contribution in [0, 0.1) is 56.7 Å². The monoisotopic (exact) mass is 541 g/mol. The quantitative estimate of drug-likeness (QED) is 0.210. The number of ether oxygens (including phenoxy) is 1. The summed E-state index contributed by atoms with van der Waals surface area (Å²) in [4.78, 5) is 31.5. The van der Waals surface area contributed by atoms with E-state index >= 15 is 0 Å². The minimum Gasteiger partial charge on any atom is -0.462 e. The van der Waals surface area contributed by atoms with Crippen LogP contribution in [0.3, 0.4) is 0 Å². The summed E-state index contributed by atoms with van der Waals surface area (Å²) in [5.74, 6) is 2.54. The molecular formula is C34H55NO4.